The van der Waals surface area contributed by atoms with E-state index < -0.39 is 11.6 Å². The molecule has 16 heavy (non-hydrogen) atoms. The maximum absolute atomic E-state index is 10.8. The van der Waals surface area contributed by atoms with E-state index in [1.165, 1.54) is 6.92 Å². The van der Waals surface area contributed by atoms with Gasteiger partial charge >= 0.3 is 5.97 Å². The van der Waals surface area contributed by atoms with Crippen LogP contribution in [0.15, 0.2) is 0 Å². The van der Waals surface area contributed by atoms with Gasteiger partial charge in [0.1, 0.15) is 0 Å². The third-order valence-electron chi connectivity index (χ3n) is 2.80. The molecule has 1 aromatic heterocycles. The highest BCUT2D eigenvalue weighted by Gasteiger charge is 2.31. The second-order valence-electron chi connectivity index (χ2n) is 4.24. The minimum Gasteiger partial charge on any atom is -0.479 e. The molecule has 1 heterocycles. The number of aryl methyl sites for hydroxylation is 1. The Labute approximate surface area is 94.7 Å². The molecule has 5 nitrogen and oxygen atoms in total. The summed E-state index contributed by atoms with van der Waals surface area (Å²) in [6.45, 7) is 7.04. The normalized spacial score (nSPS) is 14.8. The Bertz CT molecular complexity index is 408. The first-order chi connectivity index (χ1) is 7.29. The molecule has 0 bridgehead atoms. The lowest BCUT2D eigenvalue weighted by Gasteiger charge is -2.18. The number of nitrogens with zero attached hydrogens (tertiary/aromatic N) is 2. The van der Waals surface area contributed by atoms with Crippen LogP contribution in [0.5, 0.6) is 0 Å². The third-order valence-corrected chi connectivity index (χ3v) is 2.80. The van der Waals surface area contributed by atoms with Crippen molar-refractivity contribution in [3.8, 4) is 0 Å². The van der Waals surface area contributed by atoms with E-state index in [0.717, 1.165) is 23.4 Å². The Hall–Kier alpha value is -1.36. The lowest BCUT2D eigenvalue weighted by atomic mass is 10.1. The van der Waals surface area contributed by atoms with Crippen LogP contribution in [0.2, 0.25) is 0 Å². The number of rotatable bonds is 4. The molecule has 0 saturated heterocycles. The predicted molar refractivity (Wildman–Crippen MR) is 59.3 cm³/mol. The van der Waals surface area contributed by atoms with Crippen LogP contribution in [-0.2, 0) is 17.8 Å². The first kappa shape index (κ1) is 12.7. The minimum absolute atomic E-state index is 0.0327. The van der Waals surface area contributed by atoms with Gasteiger partial charge in [0.05, 0.1) is 12.2 Å². The van der Waals surface area contributed by atoms with Crippen molar-refractivity contribution in [1.29, 1.82) is 0 Å². The first-order valence-electron chi connectivity index (χ1n) is 5.28. The van der Waals surface area contributed by atoms with Crippen molar-refractivity contribution in [3.05, 3.63) is 17.0 Å². The summed E-state index contributed by atoms with van der Waals surface area (Å²) in [6, 6.07) is 0. The summed E-state index contributed by atoms with van der Waals surface area (Å²) in [5.41, 5.74) is 1.14. The van der Waals surface area contributed by atoms with Crippen LogP contribution in [0.25, 0.3) is 0 Å². The van der Waals surface area contributed by atoms with Crippen molar-refractivity contribution < 1.29 is 15.0 Å². The lowest BCUT2D eigenvalue weighted by molar-refractivity contribution is -0.158. The SMILES string of the molecule is CCc1c(C)nn(CC(C)(O)C(=O)O)c1C. The van der Waals surface area contributed by atoms with Gasteiger partial charge in [-0.15, -0.1) is 0 Å². The topological polar surface area (TPSA) is 75.3 Å². The lowest BCUT2D eigenvalue weighted by Crippen LogP contribution is -2.40. The summed E-state index contributed by atoms with van der Waals surface area (Å²) in [6.07, 6.45) is 0.854. The molecule has 0 aliphatic heterocycles. The summed E-state index contributed by atoms with van der Waals surface area (Å²) in [7, 11) is 0. The van der Waals surface area contributed by atoms with Gasteiger partial charge in [0.25, 0.3) is 0 Å². The number of aromatic nitrogens is 2. The number of hydrogen-bond acceptors (Lipinski definition) is 3. The van der Waals surface area contributed by atoms with E-state index in [1.54, 1.807) is 4.68 Å². The average molecular weight is 226 g/mol. The quantitative estimate of drug-likeness (QED) is 0.799. The van der Waals surface area contributed by atoms with Crippen molar-refractivity contribution >= 4 is 5.97 Å². The molecule has 2 N–H and O–H groups in total. The fraction of sp³-hybridized carbons (Fsp3) is 0.636. The van der Waals surface area contributed by atoms with E-state index >= 15 is 0 Å². The molecule has 5 heteroatoms. The highest BCUT2D eigenvalue weighted by Crippen LogP contribution is 2.16. The molecule has 0 radical (unpaired) electrons. The third kappa shape index (κ3) is 2.24. The van der Waals surface area contributed by atoms with Crippen molar-refractivity contribution in [2.45, 2.75) is 46.3 Å². The maximum Gasteiger partial charge on any atom is 0.337 e. The van der Waals surface area contributed by atoms with Gasteiger partial charge in [-0.1, -0.05) is 6.92 Å². The molecule has 90 valence electrons. The minimum atomic E-state index is -1.78. The number of carbonyl (C=O) groups is 1. The molecule has 1 aromatic rings. The van der Waals surface area contributed by atoms with E-state index in [4.69, 9.17) is 5.11 Å². The first-order valence-corrected chi connectivity index (χ1v) is 5.28. The highest BCUT2D eigenvalue weighted by atomic mass is 16.4. The standard InChI is InChI=1S/C11H18N2O3/c1-5-9-7(2)12-13(8(9)3)6-11(4,16)10(14)15/h16H,5-6H2,1-4H3,(H,14,15). The molecule has 0 fully saturated rings. The van der Waals surface area contributed by atoms with Gasteiger partial charge in [0.15, 0.2) is 5.60 Å². The molecule has 0 aliphatic rings. The molecular formula is C11H18N2O3. The monoisotopic (exact) mass is 226 g/mol. The second-order valence-corrected chi connectivity index (χ2v) is 4.24. The average Bonchev–Trinajstić information content (AvgIpc) is 2.41. The summed E-state index contributed by atoms with van der Waals surface area (Å²) in [5.74, 6) is -1.24. The van der Waals surface area contributed by atoms with E-state index in [9.17, 15) is 9.90 Å². The van der Waals surface area contributed by atoms with Gasteiger partial charge in [-0.25, -0.2) is 4.79 Å². The van der Waals surface area contributed by atoms with E-state index in [0.29, 0.717) is 0 Å². The van der Waals surface area contributed by atoms with Crippen LogP contribution < -0.4 is 0 Å². The van der Waals surface area contributed by atoms with Crippen molar-refractivity contribution in [3.63, 3.8) is 0 Å². The Kier molecular flexibility index (Phi) is 3.38. The van der Waals surface area contributed by atoms with Crippen LogP contribution in [0.1, 0.15) is 30.8 Å². The van der Waals surface area contributed by atoms with Crippen LogP contribution in [0.4, 0.5) is 0 Å². The molecule has 0 saturated carbocycles. The molecular weight excluding hydrogens is 208 g/mol. The van der Waals surface area contributed by atoms with Gasteiger partial charge in [-0.2, -0.15) is 5.10 Å². The number of hydrogen-bond donors (Lipinski definition) is 2. The highest BCUT2D eigenvalue weighted by molar-refractivity contribution is 5.76. The van der Waals surface area contributed by atoms with Crippen LogP contribution in [0.3, 0.4) is 0 Å². The van der Waals surface area contributed by atoms with Crippen LogP contribution >= 0.6 is 0 Å². The summed E-state index contributed by atoms with van der Waals surface area (Å²) in [4.78, 5) is 10.8. The van der Waals surface area contributed by atoms with Gasteiger partial charge in [-0.05, 0) is 32.8 Å². The van der Waals surface area contributed by atoms with E-state index in [1.807, 2.05) is 20.8 Å². The predicted octanol–water partition coefficient (Wildman–Crippen LogP) is 0.898. The second kappa shape index (κ2) is 4.25. The fourth-order valence-corrected chi connectivity index (χ4v) is 1.76. The van der Waals surface area contributed by atoms with Crippen molar-refractivity contribution in [2.75, 3.05) is 0 Å². The van der Waals surface area contributed by atoms with E-state index in [-0.39, 0.29) is 6.54 Å². The van der Waals surface area contributed by atoms with Gasteiger partial charge in [-0.3, -0.25) is 4.68 Å². The molecule has 0 spiro atoms. The molecule has 1 unspecified atom stereocenters. The maximum atomic E-state index is 10.8. The van der Waals surface area contributed by atoms with Crippen LogP contribution in [-0.4, -0.2) is 31.6 Å². The zero-order chi connectivity index (χ0) is 12.5. The Morgan fingerprint density at radius 1 is 1.50 bits per heavy atom. The zero-order valence-corrected chi connectivity index (χ0v) is 10.1. The Morgan fingerprint density at radius 3 is 2.44 bits per heavy atom. The van der Waals surface area contributed by atoms with E-state index in [2.05, 4.69) is 5.10 Å². The Morgan fingerprint density at radius 2 is 2.06 bits per heavy atom. The summed E-state index contributed by atoms with van der Waals surface area (Å²) >= 11 is 0. The van der Waals surface area contributed by atoms with Crippen molar-refractivity contribution in [1.82, 2.24) is 9.78 Å². The number of carboxylic acids is 1. The molecule has 1 rings (SSSR count). The molecule has 0 aliphatic carbocycles. The number of aliphatic hydroxyl groups is 1. The Balaban J connectivity index is 3.03. The van der Waals surface area contributed by atoms with Crippen molar-refractivity contribution in [2.24, 2.45) is 0 Å². The zero-order valence-electron chi connectivity index (χ0n) is 10.1. The fourth-order valence-electron chi connectivity index (χ4n) is 1.76. The summed E-state index contributed by atoms with van der Waals surface area (Å²) < 4.78 is 1.56. The molecule has 0 aromatic carbocycles. The number of carboxylic acid groups (broad SMARTS) is 1. The van der Waals surface area contributed by atoms with Gasteiger partial charge in [0, 0.05) is 5.69 Å². The molecule has 1 atom stereocenters. The van der Waals surface area contributed by atoms with Crippen LogP contribution in [0, 0.1) is 13.8 Å². The number of aliphatic carboxylic acids is 1. The smallest absolute Gasteiger partial charge is 0.337 e. The van der Waals surface area contributed by atoms with Gasteiger partial charge in [0.2, 0.25) is 0 Å². The summed E-state index contributed by atoms with van der Waals surface area (Å²) in [5, 5.41) is 22.8. The van der Waals surface area contributed by atoms with Gasteiger partial charge < -0.3 is 10.2 Å². The largest absolute Gasteiger partial charge is 0.479 e. The molecule has 0 amide bonds.